The van der Waals surface area contributed by atoms with Crippen LogP contribution in [0, 0.1) is 5.92 Å². The summed E-state index contributed by atoms with van der Waals surface area (Å²) in [6, 6.07) is 0. The smallest absolute Gasteiger partial charge is 0.334 e. The average molecular weight is 194 g/mol. The van der Waals surface area contributed by atoms with Crippen LogP contribution in [0.3, 0.4) is 0 Å². The van der Waals surface area contributed by atoms with Crippen LogP contribution in [0.5, 0.6) is 0 Å². The molecule has 0 radical (unpaired) electrons. The number of esters is 1. The molecule has 1 aliphatic heterocycles. The summed E-state index contributed by atoms with van der Waals surface area (Å²) >= 11 is 0. The second kappa shape index (κ2) is 3.76. The molecule has 2 atom stereocenters. The van der Waals surface area contributed by atoms with Crippen LogP contribution in [0.25, 0.3) is 0 Å². The Morgan fingerprint density at radius 1 is 1.43 bits per heavy atom. The quantitative estimate of drug-likeness (QED) is 0.632. The van der Waals surface area contributed by atoms with Gasteiger partial charge in [-0.3, -0.25) is 0 Å². The molecular weight excluding hydrogens is 176 g/mol. The third-order valence-corrected chi connectivity index (χ3v) is 3.51. The molecule has 0 N–H and O–H groups in total. The predicted octanol–water partition coefficient (Wildman–Crippen LogP) is 2.83. The van der Waals surface area contributed by atoms with Crippen LogP contribution in [-0.4, -0.2) is 12.1 Å². The van der Waals surface area contributed by atoms with Gasteiger partial charge in [0.15, 0.2) is 0 Å². The van der Waals surface area contributed by atoms with Crippen LogP contribution in [0.2, 0.25) is 0 Å². The zero-order chi connectivity index (χ0) is 10.1. The number of carbonyl (C=O) groups excluding carboxylic acids is 1. The van der Waals surface area contributed by atoms with Gasteiger partial charge in [0.2, 0.25) is 0 Å². The molecule has 1 aliphatic carbocycles. The maximum Gasteiger partial charge on any atom is 0.334 e. The van der Waals surface area contributed by atoms with Gasteiger partial charge >= 0.3 is 5.97 Å². The predicted molar refractivity (Wildman–Crippen MR) is 54.8 cm³/mol. The summed E-state index contributed by atoms with van der Waals surface area (Å²) in [5, 5.41) is 0. The minimum atomic E-state index is -0.0486. The van der Waals surface area contributed by atoms with E-state index < -0.39 is 0 Å². The molecule has 2 unspecified atom stereocenters. The highest BCUT2D eigenvalue weighted by Gasteiger charge is 2.38. The molecule has 2 heteroatoms. The Bertz CT molecular complexity index is 278. The number of fused-ring (bicyclic) bond motifs is 1. The fourth-order valence-corrected chi connectivity index (χ4v) is 2.82. The first-order valence-corrected chi connectivity index (χ1v) is 5.70. The SMILES string of the molecule is CCC1=C2CCCC2C(CC)OC1=O. The van der Waals surface area contributed by atoms with Crippen LogP contribution in [-0.2, 0) is 9.53 Å². The van der Waals surface area contributed by atoms with E-state index in [0.29, 0.717) is 5.92 Å². The van der Waals surface area contributed by atoms with E-state index in [0.717, 1.165) is 24.8 Å². The van der Waals surface area contributed by atoms with Crippen LogP contribution in [0.15, 0.2) is 11.1 Å². The Balaban J connectivity index is 2.34. The second-order valence-electron chi connectivity index (χ2n) is 4.21. The lowest BCUT2D eigenvalue weighted by molar-refractivity contribution is -0.148. The van der Waals surface area contributed by atoms with E-state index >= 15 is 0 Å². The Labute approximate surface area is 85.3 Å². The van der Waals surface area contributed by atoms with Gasteiger partial charge in [0, 0.05) is 11.5 Å². The summed E-state index contributed by atoms with van der Waals surface area (Å²) in [6.45, 7) is 4.15. The van der Waals surface area contributed by atoms with Crippen LogP contribution >= 0.6 is 0 Å². The maximum absolute atomic E-state index is 11.7. The Kier molecular flexibility index (Phi) is 2.62. The molecule has 78 valence electrons. The summed E-state index contributed by atoms with van der Waals surface area (Å²) < 4.78 is 5.46. The number of ether oxygens (including phenoxy) is 1. The molecule has 0 spiro atoms. The summed E-state index contributed by atoms with van der Waals surface area (Å²) in [6.07, 6.45) is 5.52. The van der Waals surface area contributed by atoms with Crippen LogP contribution < -0.4 is 0 Å². The van der Waals surface area contributed by atoms with Gasteiger partial charge in [-0.1, -0.05) is 19.4 Å². The number of carbonyl (C=O) groups is 1. The first kappa shape index (κ1) is 9.75. The first-order valence-electron chi connectivity index (χ1n) is 5.70. The van der Waals surface area contributed by atoms with Crippen molar-refractivity contribution in [1.29, 1.82) is 0 Å². The van der Waals surface area contributed by atoms with E-state index in [-0.39, 0.29) is 12.1 Å². The number of rotatable bonds is 2. The van der Waals surface area contributed by atoms with Gasteiger partial charge in [-0.2, -0.15) is 0 Å². The fraction of sp³-hybridized carbons (Fsp3) is 0.750. The largest absolute Gasteiger partial charge is 0.458 e. The van der Waals surface area contributed by atoms with Crippen LogP contribution in [0.4, 0.5) is 0 Å². The van der Waals surface area contributed by atoms with Gasteiger partial charge < -0.3 is 4.74 Å². The molecule has 2 rings (SSSR count). The molecule has 0 aromatic heterocycles. The molecular formula is C12H18O2. The molecule has 2 nitrogen and oxygen atoms in total. The van der Waals surface area contributed by atoms with Gasteiger partial charge in [-0.25, -0.2) is 4.79 Å². The molecule has 0 saturated heterocycles. The van der Waals surface area contributed by atoms with Crippen LogP contribution in [0.1, 0.15) is 46.0 Å². The summed E-state index contributed by atoms with van der Waals surface area (Å²) in [7, 11) is 0. The van der Waals surface area contributed by atoms with E-state index in [1.54, 1.807) is 0 Å². The Morgan fingerprint density at radius 3 is 2.86 bits per heavy atom. The first-order chi connectivity index (χ1) is 6.77. The topological polar surface area (TPSA) is 26.3 Å². The van der Waals surface area contributed by atoms with Crippen molar-refractivity contribution in [2.75, 3.05) is 0 Å². The Hall–Kier alpha value is -0.790. The van der Waals surface area contributed by atoms with Crippen molar-refractivity contribution >= 4 is 5.97 Å². The molecule has 0 bridgehead atoms. The average Bonchev–Trinajstić information content (AvgIpc) is 2.65. The van der Waals surface area contributed by atoms with Crippen molar-refractivity contribution in [2.24, 2.45) is 5.92 Å². The molecule has 0 aromatic carbocycles. The van der Waals surface area contributed by atoms with E-state index in [1.165, 1.54) is 18.4 Å². The number of cyclic esters (lactones) is 1. The maximum atomic E-state index is 11.7. The number of hydrogen-bond donors (Lipinski definition) is 0. The summed E-state index contributed by atoms with van der Waals surface area (Å²) in [4.78, 5) is 11.7. The Morgan fingerprint density at radius 2 is 2.21 bits per heavy atom. The summed E-state index contributed by atoms with van der Waals surface area (Å²) in [5.41, 5.74) is 2.38. The standard InChI is InChI=1S/C12H18O2/c1-3-8-9-6-5-7-10(9)11(4-2)14-12(8)13/h10-11H,3-7H2,1-2H3. The van der Waals surface area contributed by atoms with Crippen molar-refractivity contribution in [3.05, 3.63) is 11.1 Å². The van der Waals surface area contributed by atoms with Crippen molar-refractivity contribution in [3.63, 3.8) is 0 Å². The highest BCUT2D eigenvalue weighted by Crippen LogP contribution is 2.41. The fourth-order valence-electron chi connectivity index (χ4n) is 2.82. The lowest BCUT2D eigenvalue weighted by atomic mass is 9.87. The molecule has 2 aliphatic rings. The van der Waals surface area contributed by atoms with Gasteiger partial charge in [-0.15, -0.1) is 0 Å². The van der Waals surface area contributed by atoms with E-state index in [9.17, 15) is 4.79 Å². The summed E-state index contributed by atoms with van der Waals surface area (Å²) in [5.74, 6) is 0.500. The molecule has 14 heavy (non-hydrogen) atoms. The van der Waals surface area contributed by atoms with Gasteiger partial charge in [0.25, 0.3) is 0 Å². The van der Waals surface area contributed by atoms with Crippen molar-refractivity contribution in [3.8, 4) is 0 Å². The highest BCUT2D eigenvalue weighted by atomic mass is 16.5. The van der Waals surface area contributed by atoms with E-state index in [4.69, 9.17) is 4.74 Å². The zero-order valence-electron chi connectivity index (χ0n) is 9.01. The molecule has 0 aromatic rings. The minimum absolute atomic E-state index is 0.0486. The van der Waals surface area contributed by atoms with Gasteiger partial charge in [0.05, 0.1) is 0 Å². The van der Waals surface area contributed by atoms with Gasteiger partial charge in [0.1, 0.15) is 6.10 Å². The second-order valence-corrected chi connectivity index (χ2v) is 4.21. The van der Waals surface area contributed by atoms with E-state index in [2.05, 4.69) is 6.92 Å². The van der Waals surface area contributed by atoms with Crippen molar-refractivity contribution in [2.45, 2.75) is 52.1 Å². The zero-order valence-corrected chi connectivity index (χ0v) is 9.01. The highest BCUT2D eigenvalue weighted by molar-refractivity contribution is 5.90. The lowest BCUT2D eigenvalue weighted by Gasteiger charge is -2.30. The number of hydrogen-bond acceptors (Lipinski definition) is 2. The third-order valence-electron chi connectivity index (χ3n) is 3.51. The van der Waals surface area contributed by atoms with Crippen molar-refractivity contribution < 1.29 is 9.53 Å². The minimum Gasteiger partial charge on any atom is -0.458 e. The molecule has 0 amide bonds. The normalized spacial score (nSPS) is 31.7. The van der Waals surface area contributed by atoms with Gasteiger partial charge in [-0.05, 0) is 32.1 Å². The third kappa shape index (κ3) is 1.37. The molecule has 1 fully saturated rings. The lowest BCUT2D eigenvalue weighted by Crippen LogP contribution is -2.32. The van der Waals surface area contributed by atoms with Crippen molar-refractivity contribution in [1.82, 2.24) is 0 Å². The van der Waals surface area contributed by atoms with E-state index in [1.807, 2.05) is 6.92 Å². The monoisotopic (exact) mass is 194 g/mol. The molecule has 1 saturated carbocycles. The molecule has 1 heterocycles.